The van der Waals surface area contributed by atoms with Gasteiger partial charge in [-0.3, -0.25) is 10.1 Å². The largest absolute Gasteiger partial charge is 0.497 e. The van der Waals surface area contributed by atoms with Gasteiger partial charge in [-0.1, -0.05) is 41.5 Å². The molecule has 9 nitrogen and oxygen atoms in total. The predicted molar refractivity (Wildman–Crippen MR) is 126 cm³/mol. The van der Waals surface area contributed by atoms with Crippen LogP contribution in [0.25, 0.3) is 11.5 Å². The van der Waals surface area contributed by atoms with E-state index in [1.807, 2.05) is 30.3 Å². The zero-order valence-electron chi connectivity index (χ0n) is 18.5. The van der Waals surface area contributed by atoms with Gasteiger partial charge in [0.2, 0.25) is 15.9 Å². The molecule has 0 aliphatic heterocycles. The maximum atomic E-state index is 12.9. The van der Waals surface area contributed by atoms with Crippen LogP contribution in [-0.2, 0) is 16.6 Å². The van der Waals surface area contributed by atoms with Gasteiger partial charge in [-0.15, -0.1) is 5.10 Å². The molecule has 1 aromatic heterocycles. The molecule has 4 aromatic rings. The van der Waals surface area contributed by atoms with Crippen molar-refractivity contribution in [2.45, 2.75) is 11.4 Å². The van der Waals surface area contributed by atoms with Crippen LogP contribution >= 0.6 is 0 Å². The van der Waals surface area contributed by atoms with Crippen molar-refractivity contribution in [2.24, 2.45) is 0 Å². The Bertz CT molecular complexity index is 1390. The first-order valence-corrected chi connectivity index (χ1v) is 11.7. The Kier molecular flexibility index (Phi) is 6.71. The highest BCUT2D eigenvalue weighted by molar-refractivity contribution is 7.89. The highest BCUT2D eigenvalue weighted by Crippen LogP contribution is 2.24. The summed E-state index contributed by atoms with van der Waals surface area (Å²) in [6.07, 6.45) is 0. The van der Waals surface area contributed by atoms with Crippen LogP contribution in [-0.4, -0.2) is 43.0 Å². The number of sulfonamides is 1. The van der Waals surface area contributed by atoms with Gasteiger partial charge in [0, 0.05) is 24.7 Å². The van der Waals surface area contributed by atoms with Gasteiger partial charge in [-0.25, -0.2) is 8.42 Å². The van der Waals surface area contributed by atoms with Crippen molar-refractivity contribution >= 4 is 21.9 Å². The van der Waals surface area contributed by atoms with Crippen molar-refractivity contribution in [2.75, 3.05) is 19.5 Å². The first-order chi connectivity index (χ1) is 16.4. The molecule has 1 N–H and O–H groups in total. The molecule has 0 aliphatic carbocycles. The van der Waals surface area contributed by atoms with Crippen LogP contribution in [0, 0.1) is 0 Å². The van der Waals surface area contributed by atoms with Crippen molar-refractivity contribution in [3.63, 3.8) is 0 Å². The van der Waals surface area contributed by atoms with E-state index in [1.54, 1.807) is 31.4 Å². The lowest BCUT2D eigenvalue weighted by molar-refractivity contribution is 0.102. The zero-order chi connectivity index (χ0) is 24.1. The average molecular weight is 479 g/mol. The molecule has 0 spiro atoms. The van der Waals surface area contributed by atoms with Gasteiger partial charge in [0.1, 0.15) is 5.75 Å². The van der Waals surface area contributed by atoms with Crippen molar-refractivity contribution < 1.29 is 22.4 Å². The summed E-state index contributed by atoms with van der Waals surface area (Å²) in [4.78, 5) is 12.7. The van der Waals surface area contributed by atoms with E-state index in [1.165, 1.54) is 35.6 Å². The summed E-state index contributed by atoms with van der Waals surface area (Å²) in [6.45, 7) is 0.234. The number of anilines is 1. The van der Waals surface area contributed by atoms with E-state index in [9.17, 15) is 13.2 Å². The number of nitrogens with zero attached hydrogens (tertiary/aromatic N) is 3. The molecule has 34 heavy (non-hydrogen) atoms. The average Bonchev–Trinajstić information content (AvgIpc) is 3.33. The standard InChI is InChI=1S/C24H22N4O5S/c1-28(16-17-7-4-3-5-8-17)34(30,31)21-13-11-18(12-14-21)22(29)25-24-27-26-23(33-24)19-9-6-10-20(15-19)32-2/h3-15H,16H2,1-2H3,(H,25,27,29). The van der Waals surface area contributed by atoms with Gasteiger partial charge in [-0.2, -0.15) is 4.31 Å². The smallest absolute Gasteiger partial charge is 0.322 e. The van der Waals surface area contributed by atoms with Gasteiger partial charge < -0.3 is 9.15 Å². The van der Waals surface area contributed by atoms with E-state index >= 15 is 0 Å². The van der Waals surface area contributed by atoms with Crippen molar-refractivity contribution in [1.82, 2.24) is 14.5 Å². The van der Waals surface area contributed by atoms with Crippen LogP contribution < -0.4 is 10.1 Å². The summed E-state index contributed by atoms with van der Waals surface area (Å²) in [5.41, 5.74) is 1.75. The minimum absolute atomic E-state index is 0.0814. The van der Waals surface area contributed by atoms with Gasteiger partial charge >= 0.3 is 6.01 Å². The van der Waals surface area contributed by atoms with Gasteiger partial charge in [0.15, 0.2) is 0 Å². The van der Waals surface area contributed by atoms with Crippen LogP contribution in [0.4, 0.5) is 6.01 Å². The lowest BCUT2D eigenvalue weighted by Gasteiger charge is -2.17. The molecule has 0 bridgehead atoms. The molecule has 3 aromatic carbocycles. The number of ether oxygens (including phenoxy) is 1. The number of carbonyl (C=O) groups is 1. The summed E-state index contributed by atoms with van der Waals surface area (Å²) >= 11 is 0. The molecule has 0 atom stereocenters. The molecule has 1 heterocycles. The number of methoxy groups -OCH3 is 1. The minimum atomic E-state index is -3.72. The summed E-state index contributed by atoms with van der Waals surface area (Å²) in [5.74, 6) is 0.338. The van der Waals surface area contributed by atoms with E-state index in [0.29, 0.717) is 11.3 Å². The van der Waals surface area contributed by atoms with Crippen molar-refractivity contribution in [3.05, 3.63) is 90.0 Å². The quantitative estimate of drug-likeness (QED) is 0.409. The van der Waals surface area contributed by atoms with E-state index in [2.05, 4.69) is 15.5 Å². The number of carbonyl (C=O) groups excluding carboxylic acids is 1. The number of rotatable bonds is 8. The lowest BCUT2D eigenvalue weighted by atomic mass is 10.2. The highest BCUT2D eigenvalue weighted by atomic mass is 32.2. The molecule has 0 fully saturated rings. The van der Waals surface area contributed by atoms with E-state index in [4.69, 9.17) is 9.15 Å². The Morgan fingerprint density at radius 2 is 1.74 bits per heavy atom. The van der Waals surface area contributed by atoms with E-state index < -0.39 is 15.9 Å². The second-order valence-corrected chi connectivity index (χ2v) is 9.41. The fourth-order valence-corrected chi connectivity index (χ4v) is 4.36. The summed E-state index contributed by atoms with van der Waals surface area (Å²) in [7, 11) is -0.657. The number of aromatic nitrogens is 2. The van der Waals surface area contributed by atoms with Crippen LogP contribution in [0.5, 0.6) is 5.75 Å². The van der Waals surface area contributed by atoms with Gasteiger partial charge in [0.25, 0.3) is 5.91 Å². The predicted octanol–water partition coefficient (Wildman–Crippen LogP) is 3.82. The maximum absolute atomic E-state index is 12.9. The lowest BCUT2D eigenvalue weighted by Crippen LogP contribution is -2.26. The molecule has 0 saturated heterocycles. The highest BCUT2D eigenvalue weighted by Gasteiger charge is 2.21. The van der Waals surface area contributed by atoms with E-state index in [0.717, 1.165) is 5.56 Å². The normalized spacial score (nSPS) is 11.4. The summed E-state index contributed by atoms with van der Waals surface area (Å²) < 4.78 is 37.7. The minimum Gasteiger partial charge on any atom is -0.497 e. The molecule has 174 valence electrons. The Morgan fingerprint density at radius 3 is 2.44 bits per heavy atom. The molecule has 0 unspecified atom stereocenters. The van der Waals surface area contributed by atoms with Crippen LogP contribution in [0.2, 0.25) is 0 Å². The SMILES string of the molecule is COc1cccc(-c2nnc(NC(=O)c3ccc(S(=O)(=O)N(C)Cc4ccccc4)cc3)o2)c1. The third kappa shape index (κ3) is 5.13. The summed E-state index contributed by atoms with van der Waals surface area (Å²) in [5, 5.41) is 10.3. The Balaban J connectivity index is 1.43. The molecule has 0 aliphatic rings. The fraction of sp³-hybridized carbons (Fsp3) is 0.125. The molecule has 10 heteroatoms. The van der Waals surface area contributed by atoms with Gasteiger partial charge in [0.05, 0.1) is 12.0 Å². The number of hydrogen-bond acceptors (Lipinski definition) is 7. The zero-order valence-corrected chi connectivity index (χ0v) is 19.3. The number of nitrogens with one attached hydrogen (secondary N) is 1. The first-order valence-electron chi connectivity index (χ1n) is 10.3. The number of hydrogen-bond donors (Lipinski definition) is 1. The molecule has 1 amide bonds. The molecule has 0 radical (unpaired) electrons. The molecule has 0 saturated carbocycles. The van der Waals surface area contributed by atoms with Crippen molar-refractivity contribution in [1.29, 1.82) is 0 Å². The van der Waals surface area contributed by atoms with Crippen molar-refractivity contribution in [3.8, 4) is 17.2 Å². The third-order valence-electron chi connectivity index (χ3n) is 5.03. The molecular formula is C24H22N4O5S. The topological polar surface area (TPSA) is 115 Å². The fourth-order valence-electron chi connectivity index (χ4n) is 3.20. The molecule has 4 rings (SSSR count). The third-order valence-corrected chi connectivity index (χ3v) is 6.85. The Labute approximate surface area is 197 Å². The second kappa shape index (κ2) is 9.86. The van der Waals surface area contributed by atoms with E-state index in [-0.39, 0.29) is 28.9 Å². The number of benzene rings is 3. The van der Waals surface area contributed by atoms with Crippen LogP contribution in [0.1, 0.15) is 15.9 Å². The molecular weight excluding hydrogens is 456 g/mol. The number of amides is 1. The van der Waals surface area contributed by atoms with Gasteiger partial charge in [-0.05, 0) is 48.0 Å². The Hall–Kier alpha value is -4.02. The Morgan fingerprint density at radius 1 is 1.00 bits per heavy atom. The maximum Gasteiger partial charge on any atom is 0.322 e. The second-order valence-electron chi connectivity index (χ2n) is 7.37. The van der Waals surface area contributed by atoms with Crippen LogP contribution in [0.3, 0.4) is 0 Å². The van der Waals surface area contributed by atoms with Crippen LogP contribution in [0.15, 0.2) is 88.2 Å². The summed E-state index contributed by atoms with van der Waals surface area (Å²) in [6, 6.07) is 21.9. The monoisotopic (exact) mass is 478 g/mol. The first kappa shape index (κ1) is 23.1.